The highest BCUT2D eigenvalue weighted by atomic mass is 32.2. The largest absolute Gasteiger partial charge is 0.349 e. The van der Waals surface area contributed by atoms with Crippen LogP contribution in [0.4, 0.5) is 8.78 Å². The summed E-state index contributed by atoms with van der Waals surface area (Å²) in [5.74, 6) is -2.51. The van der Waals surface area contributed by atoms with E-state index in [0.29, 0.717) is 6.07 Å². The molecule has 0 N–H and O–H groups in total. The molecule has 1 aliphatic rings. The molecule has 0 unspecified atom stereocenters. The number of benzene rings is 1. The zero-order valence-electron chi connectivity index (χ0n) is 18.8. The summed E-state index contributed by atoms with van der Waals surface area (Å²) in [4.78, 5) is 13.7. The molecule has 1 aromatic carbocycles. The summed E-state index contributed by atoms with van der Waals surface area (Å²) in [6, 6.07) is 6.19. The molecule has 1 aliphatic heterocycles. The third-order valence-electron chi connectivity index (χ3n) is 5.75. The second-order valence-corrected chi connectivity index (χ2v) is 9.83. The van der Waals surface area contributed by atoms with Crippen molar-refractivity contribution in [3.63, 3.8) is 0 Å². The fourth-order valence-corrected chi connectivity index (χ4v) is 5.43. The van der Waals surface area contributed by atoms with Crippen molar-refractivity contribution in [1.29, 1.82) is 5.26 Å². The number of halogens is 2. The van der Waals surface area contributed by atoms with Crippen LogP contribution in [0.2, 0.25) is 0 Å². The van der Waals surface area contributed by atoms with Crippen LogP contribution in [0, 0.1) is 36.8 Å². The Balaban J connectivity index is 1.75. The Labute approximate surface area is 192 Å². The molecule has 2 aromatic rings. The van der Waals surface area contributed by atoms with Crippen LogP contribution >= 0.6 is 0 Å². The zero-order valence-corrected chi connectivity index (χ0v) is 19.6. The van der Waals surface area contributed by atoms with Gasteiger partial charge in [0.05, 0.1) is 0 Å². The fourth-order valence-electron chi connectivity index (χ4n) is 3.96. The SMILES string of the molecule is CCCn1c(C)cc(/C=C(\C#N)C(=O)N2CCN(S(=O)(=O)c3ccc(F)cc3F)CC2)c1C. The molecular formula is C23H26F2N4O3S. The molecule has 1 saturated heterocycles. The minimum Gasteiger partial charge on any atom is -0.349 e. The molecule has 0 radical (unpaired) electrons. The second kappa shape index (κ2) is 9.85. The number of carbonyl (C=O) groups is 1. The molecule has 2 heterocycles. The van der Waals surface area contributed by atoms with E-state index >= 15 is 0 Å². The number of sulfonamides is 1. The van der Waals surface area contributed by atoms with E-state index in [0.717, 1.165) is 46.4 Å². The van der Waals surface area contributed by atoms with Crippen LogP contribution in [0.5, 0.6) is 0 Å². The van der Waals surface area contributed by atoms with Crippen molar-refractivity contribution in [3.05, 3.63) is 58.4 Å². The van der Waals surface area contributed by atoms with Crippen LogP contribution in [-0.2, 0) is 21.4 Å². The molecule has 1 aromatic heterocycles. The van der Waals surface area contributed by atoms with E-state index in [1.807, 2.05) is 26.0 Å². The number of nitriles is 1. The highest BCUT2D eigenvalue weighted by Crippen LogP contribution is 2.23. The van der Waals surface area contributed by atoms with Crippen molar-refractivity contribution in [2.45, 2.75) is 38.6 Å². The zero-order chi connectivity index (χ0) is 24.3. The maximum atomic E-state index is 14.0. The van der Waals surface area contributed by atoms with E-state index in [1.54, 1.807) is 6.08 Å². The van der Waals surface area contributed by atoms with Crippen molar-refractivity contribution in [1.82, 2.24) is 13.8 Å². The van der Waals surface area contributed by atoms with E-state index in [9.17, 15) is 27.3 Å². The van der Waals surface area contributed by atoms with E-state index in [4.69, 9.17) is 0 Å². The maximum Gasteiger partial charge on any atom is 0.264 e. The van der Waals surface area contributed by atoms with Crippen LogP contribution in [0.15, 0.2) is 34.7 Å². The van der Waals surface area contributed by atoms with Crippen LogP contribution in [0.25, 0.3) is 6.08 Å². The molecule has 0 bridgehead atoms. The first-order valence-electron chi connectivity index (χ1n) is 10.6. The first-order valence-corrected chi connectivity index (χ1v) is 12.1. The van der Waals surface area contributed by atoms with Gasteiger partial charge in [0.25, 0.3) is 5.91 Å². The fraction of sp³-hybridized carbons (Fsp3) is 0.391. The number of aromatic nitrogens is 1. The predicted molar refractivity (Wildman–Crippen MR) is 119 cm³/mol. The van der Waals surface area contributed by atoms with Gasteiger partial charge in [-0.15, -0.1) is 0 Å². The Morgan fingerprint density at radius 2 is 1.82 bits per heavy atom. The first-order chi connectivity index (χ1) is 15.6. The van der Waals surface area contributed by atoms with Crippen molar-refractivity contribution in [2.24, 2.45) is 0 Å². The number of carbonyl (C=O) groups excluding carboxylic acids is 1. The maximum absolute atomic E-state index is 14.0. The lowest BCUT2D eigenvalue weighted by atomic mass is 10.1. The van der Waals surface area contributed by atoms with Crippen LogP contribution in [0.3, 0.4) is 0 Å². The van der Waals surface area contributed by atoms with Crippen molar-refractivity contribution in [2.75, 3.05) is 26.2 Å². The van der Waals surface area contributed by atoms with E-state index in [-0.39, 0.29) is 31.8 Å². The molecule has 0 atom stereocenters. The van der Waals surface area contributed by atoms with Crippen molar-refractivity contribution in [3.8, 4) is 6.07 Å². The molecule has 33 heavy (non-hydrogen) atoms. The Morgan fingerprint density at radius 1 is 1.15 bits per heavy atom. The number of nitrogens with zero attached hydrogens (tertiary/aromatic N) is 4. The Bertz CT molecular complexity index is 1240. The summed E-state index contributed by atoms with van der Waals surface area (Å²) < 4.78 is 55.8. The monoisotopic (exact) mass is 476 g/mol. The molecule has 0 spiro atoms. The lowest BCUT2D eigenvalue weighted by Gasteiger charge is -2.33. The number of rotatable bonds is 6. The third-order valence-corrected chi connectivity index (χ3v) is 7.68. The Kier molecular flexibility index (Phi) is 7.34. The molecule has 176 valence electrons. The normalized spacial score (nSPS) is 15.5. The third kappa shape index (κ3) is 4.99. The number of piperazine rings is 1. The second-order valence-electron chi connectivity index (χ2n) is 7.92. The number of hydrogen-bond acceptors (Lipinski definition) is 4. The first kappa shape index (κ1) is 24.6. The number of aryl methyl sites for hydroxylation is 1. The highest BCUT2D eigenvalue weighted by molar-refractivity contribution is 7.89. The van der Waals surface area contributed by atoms with E-state index in [2.05, 4.69) is 11.5 Å². The van der Waals surface area contributed by atoms with E-state index < -0.39 is 32.5 Å². The lowest BCUT2D eigenvalue weighted by molar-refractivity contribution is -0.127. The summed E-state index contributed by atoms with van der Waals surface area (Å²) in [5.41, 5.74) is 2.76. The van der Waals surface area contributed by atoms with E-state index in [1.165, 1.54) is 4.90 Å². The minimum absolute atomic E-state index is 0.0346. The Morgan fingerprint density at radius 3 is 2.39 bits per heavy atom. The Hall–Kier alpha value is -3.03. The quantitative estimate of drug-likeness (QED) is 0.473. The standard InChI is InChI=1S/C23H26F2N4O3S/c1-4-7-29-16(2)12-18(17(29)3)13-19(15-26)23(30)27-8-10-28(11-9-27)33(31,32)22-6-5-20(24)14-21(22)25/h5-6,12-14H,4,7-11H2,1-3H3/b19-13+. The van der Waals surface area contributed by atoms with Gasteiger partial charge < -0.3 is 9.47 Å². The average molecular weight is 477 g/mol. The molecule has 0 saturated carbocycles. The van der Waals surface area contributed by atoms with Gasteiger partial charge in [0.2, 0.25) is 10.0 Å². The molecule has 10 heteroatoms. The smallest absolute Gasteiger partial charge is 0.264 e. The summed E-state index contributed by atoms with van der Waals surface area (Å²) in [5, 5.41) is 9.59. The molecular weight excluding hydrogens is 450 g/mol. The van der Waals surface area contributed by atoms with Crippen LogP contribution in [-0.4, -0.2) is 54.3 Å². The molecule has 7 nitrogen and oxygen atoms in total. The minimum atomic E-state index is -4.17. The molecule has 1 amide bonds. The molecule has 0 aliphatic carbocycles. The van der Waals surface area contributed by atoms with Gasteiger partial charge in [-0.2, -0.15) is 9.57 Å². The molecule has 3 rings (SSSR count). The number of hydrogen-bond donors (Lipinski definition) is 0. The van der Waals surface area contributed by atoms with Gasteiger partial charge in [-0.05, 0) is 50.1 Å². The van der Waals surface area contributed by atoms with Gasteiger partial charge >= 0.3 is 0 Å². The van der Waals surface area contributed by atoms with Gasteiger partial charge in [-0.25, -0.2) is 17.2 Å². The number of amides is 1. The lowest BCUT2D eigenvalue weighted by Crippen LogP contribution is -2.50. The summed E-state index contributed by atoms with van der Waals surface area (Å²) >= 11 is 0. The average Bonchev–Trinajstić information content (AvgIpc) is 3.04. The van der Waals surface area contributed by atoms with Crippen molar-refractivity contribution >= 4 is 22.0 Å². The van der Waals surface area contributed by atoms with Crippen LogP contribution < -0.4 is 0 Å². The summed E-state index contributed by atoms with van der Waals surface area (Å²) in [6.45, 7) is 6.80. The summed E-state index contributed by atoms with van der Waals surface area (Å²) in [7, 11) is -4.17. The van der Waals surface area contributed by atoms with Gasteiger partial charge in [-0.1, -0.05) is 6.92 Å². The topological polar surface area (TPSA) is 86.4 Å². The van der Waals surface area contributed by atoms with Crippen molar-refractivity contribution < 1.29 is 22.0 Å². The van der Waals surface area contributed by atoms with Gasteiger partial charge in [0.1, 0.15) is 28.2 Å². The summed E-state index contributed by atoms with van der Waals surface area (Å²) in [6.07, 6.45) is 2.52. The van der Waals surface area contributed by atoms with Crippen LogP contribution in [0.1, 0.15) is 30.3 Å². The predicted octanol–water partition coefficient (Wildman–Crippen LogP) is 3.23. The highest BCUT2D eigenvalue weighted by Gasteiger charge is 2.32. The van der Waals surface area contributed by atoms with Gasteiger partial charge in [-0.3, -0.25) is 4.79 Å². The van der Waals surface area contributed by atoms with Gasteiger partial charge in [0, 0.05) is 50.2 Å². The molecule has 1 fully saturated rings. The van der Waals surface area contributed by atoms with Gasteiger partial charge in [0.15, 0.2) is 0 Å².